The first kappa shape index (κ1) is 17.5. The number of thiophene rings is 2. The monoisotopic (exact) mass is 362 g/mol. The Morgan fingerprint density at radius 2 is 1.96 bits per heavy atom. The van der Waals surface area contributed by atoms with Crippen LogP contribution in [0.5, 0.6) is 0 Å². The van der Waals surface area contributed by atoms with Gasteiger partial charge >= 0.3 is 6.18 Å². The van der Waals surface area contributed by atoms with Crippen molar-refractivity contribution in [3.63, 3.8) is 0 Å². The van der Waals surface area contributed by atoms with Crippen molar-refractivity contribution in [1.29, 1.82) is 0 Å². The van der Waals surface area contributed by atoms with Crippen LogP contribution >= 0.6 is 22.7 Å². The van der Waals surface area contributed by atoms with Gasteiger partial charge in [-0.05, 0) is 18.9 Å². The third-order valence-corrected chi connectivity index (χ3v) is 5.35. The molecular formula is C14H13F3N2O2S2. The third kappa shape index (κ3) is 3.40. The number of aryl methyl sites for hydroxylation is 1. The molecule has 124 valence electrons. The summed E-state index contributed by atoms with van der Waals surface area (Å²) < 4.78 is 38.6. The Kier molecular flexibility index (Phi) is 4.81. The number of carbonyl (C=O) groups is 2. The zero-order chi connectivity index (χ0) is 17.4. The van der Waals surface area contributed by atoms with E-state index >= 15 is 0 Å². The topological polar surface area (TPSA) is 72.2 Å². The molecule has 0 bridgehead atoms. The number of carbonyl (C=O) groups excluding carboxylic acids is 2. The predicted molar refractivity (Wildman–Crippen MR) is 84.2 cm³/mol. The number of nitrogens with two attached hydrogens (primary N) is 1. The second-order valence-corrected chi connectivity index (χ2v) is 6.57. The minimum absolute atomic E-state index is 0.143. The van der Waals surface area contributed by atoms with Crippen LogP contribution < -0.4 is 11.1 Å². The van der Waals surface area contributed by atoms with Gasteiger partial charge in [0.15, 0.2) is 0 Å². The van der Waals surface area contributed by atoms with Gasteiger partial charge in [0.05, 0.1) is 16.7 Å². The lowest BCUT2D eigenvalue weighted by atomic mass is 10.1. The highest BCUT2D eigenvalue weighted by Crippen LogP contribution is 2.36. The average Bonchev–Trinajstić information content (AvgIpc) is 3.02. The van der Waals surface area contributed by atoms with E-state index in [0.29, 0.717) is 12.0 Å². The Morgan fingerprint density at radius 3 is 2.48 bits per heavy atom. The lowest BCUT2D eigenvalue weighted by molar-refractivity contribution is -0.137. The Balaban J connectivity index is 2.39. The van der Waals surface area contributed by atoms with E-state index in [9.17, 15) is 22.8 Å². The highest BCUT2D eigenvalue weighted by Gasteiger charge is 2.36. The van der Waals surface area contributed by atoms with Crippen LogP contribution in [0.3, 0.4) is 0 Å². The molecule has 0 aliphatic heterocycles. The Hall–Kier alpha value is -1.87. The molecule has 2 amide bonds. The van der Waals surface area contributed by atoms with Crippen LogP contribution in [0, 0.1) is 6.92 Å². The first-order chi connectivity index (χ1) is 10.7. The maximum atomic E-state index is 12.9. The molecule has 2 rings (SSSR count). The lowest BCUT2D eigenvalue weighted by Crippen LogP contribution is -2.19. The second-order valence-electron chi connectivity index (χ2n) is 4.72. The van der Waals surface area contributed by atoms with E-state index in [1.807, 2.05) is 6.92 Å². The van der Waals surface area contributed by atoms with Crippen LogP contribution in [0.15, 0.2) is 10.8 Å². The first-order valence-corrected chi connectivity index (χ1v) is 8.29. The van der Waals surface area contributed by atoms with Gasteiger partial charge in [0, 0.05) is 15.6 Å². The number of primary amides is 1. The van der Waals surface area contributed by atoms with Crippen LogP contribution in [-0.4, -0.2) is 11.8 Å². The van der Waals surface area contributed by atoms with Crippen molar-refractivity contribution >= 4 is 39.5 Å². The number of amides is 2. The molecule has 0 saturated carbocycles. The fourth-order valence-corrected chi connectivity index (χ4v) is 4.13. The maximum Gasteiger partial charge on any atom is 0.417 e. The fraction of sp³-hybridized carbons (Fsp3) is 0.286. The smallest absolute Gasteiger partial charge is 0.365 e. The van der Waals surface area contributed by atoms with Crippen molar-refractivity contribution in [1.82, 2.24) is 0 Å². The van der Waals surface area contributed by atoms with Crippen molar-refractivity contribution in [2.45, 2.75) is 26.4 Å². The normalized spacial score (nSPS) is 11.5. The Labute approximate surface area is 138 Å². The second kappa shape index (κ2) is 6.32. The molecule has 0 aliphatic rings. The molecule has 2 heterocycles. The summed E-state index contributed by atoms with van der Waals surface area (Å²) in [6.45, 7) is 3.56. The van der Waals surface area contributed by atoms with Crippen molar-refractivity contribution in [3.8, 4) is 0 Å². The number of nitrogens with one attached hydrogen (secondary N) is 1. The van der Waals surface area contributed by atoms with E-state index in [-0.39, 0.29) is 10.6 Å². The summed E-state index contributed by atoms with van der Waals surface area (Å²) >= 11 is 1.93. The molecule has 4 nitrogen and oxygen atoms in total. The van der Waals surface area contributed by atoms with Crippen molar-refractivity contribution < 1.29 is 22.8 Å². The molecule has 2 aromatic heterocycles. The van der Waals surface area contributed by atoms with E-state index in [0.717, 1.165) is 38.3 Å². The highest BCUT2D eigenvalue weighted by atomic mass is 32.1. The van der Waals surface area contributed by atoms with Gasteiger partial charge in [-0.1, -0.05) is 6.92 Å². The predicted octanol–water partition coefficient (Wildman–Crippen LogP) is 4.05. The molecule has 2 aromatic rings. The minimum Gasteiger partial charge on any atom is -0.365 e. The quantitative estimate of drug-likeness (QED) is 0.861. The fourth-order valence-electron chi connectivity index (χ4n) is 2.15. The Bertz CT molecular complexity index is 763. The molecule has 0 atom stereocenters. The summed E-state index contributed by atoms with van der Waals surface area (Å²) in [5.74, 6) is -1.64. The van der Waals surface area contributed by atoms with Gasteiger partial charge < -0.3 is 11.1 Å². The number of halogens is 3. The number of hydrogen-bond donors (Lipinski definition) is 2. The standard InChI is InChI=1S/C14H13F3N2O2S2/c1-3-9-6(2)10(11(18)20)13(23-9)19-12(21)7-4-22-5-8(7)14(15,16)17/h4-5H,3H2,1-2H3,(H2,18,20)(H,19,21). The molecule has 0 unspecified atom stereocenters. The van der Waals surface area contributed by atoms with Crippen LogP contribution in [0.25, 0.3) is 0 Å². The van der Waals surface area contributed by atoms with E-state index in [1.54, 1.807) is 6.92 Å². The summed E-state index contributed by atoms with van der Waals surface area (Å²) in [5.41, 5.74) is 4.63. The third-order valence-electron chi connectivity index (χ3n) is 3.25. The molecular weight excluding hydrogens is 349 g/mol. The zero-order valence-corrected chi connectivity index (χ0v) is 13.8. The van der Waals surface area contributed by atoms with E-state index in [4.69, 9.17) is 5.73 Å². The maximum absolute atomic E-state index is 12.9. The highest BCUT2D eigenvalue weighted by molar-refractivity contribution is 7.17. The van der Waals surface area contributed by atoms with Gasteiger partial charge in [-0.3, -0.25) is 9.59 Å². The molecule has 3 N–H and O–H groups in total. The van der Waals surface area contributed by atoms with Crippen LogP contribution in [0.2, 0.25) is 0 Å². The van der Waals surface area contributed by atoms with E-state index in [2.05, 4.69) is 5.32 Å². The summed E-state index contributed by atoms with van der Waals surface area (Å²) in [6.07, 6.45) is -3.99. The summed E-state index contributed by atoms with van der Waals surface area (Å²) in [6, 6.07) is 0. The number of anilines is 1. The van der Waals surface area contributed by atoms with Gasteiger partial charge in [-0.15, -0.1) is 11.3 Å². The van der Waals surface area contributed by atoms with Crippen LogP contribution in [0.1, 0.15) is 43.6 Å². The molecule has 0 aromatic carbocycles. The van der Waals surface area contributed by atoms with Gasteiger partial charge in [0.2, 0.25) is 0 Å². The van der Waals surface area contributed by atoms with E-state index < -0.39 is 29.1 Å². The summed E-state index contributed by atoms with van der Waals surface area (Å²) in [7, 11) is 0. The van der Waals surface area contributed by atoms with Gasteiger partial charge in [-0.2, -0.15) is 24.5 Å². The summed E-state index contributed by atoms with van der Waals surface area (Å²) in [4.78, 5) is 24.6. The molecule has 0 spiro atoms. The van der Waals surface area contributed by atoms with Crippen molar-refractivity contribution in [2.24, 2.45) is 5.73 Å². The van der Waals surface area contributed by atoms with Gasteiger partial charge in [0.25, 0.3) is 11.8 Å². The lowest BCUT2D eigenvalue weighted by Gasteiger charge is -2.08. The van der Waals surface area contributed by atoms with Crippen LogP contribution in [0.4, 0.5) is 18.2 Å². The largest absolute Gasteiger partial charge is 0.417 e. The molecule has 0 radical (unpaired) electrons. The summed E-state index contributed by atoms with van der Waals surface area (Å²) in [5, 5.41) is 4.57. The van der Waals surface area contributed by atoms with E-state index in [1.165, 1.54) is 0 Å². The number of rotatable bonds is 4. The average molecular weight is 362 g/mol. The molecule has 0 saturated heterocycles. The van der Waals surface area contributed by atoms with Crippen molar-refractivity contribution in [3.05, 3.63) is 37.9 Å². The van der Waals surface area contributed by atoms with Crippen molar-refractivity contribution in [2.75, 3.05) is 5.32 Å². The van der Waals surface area contributed by atoms with Crippen LogP contribution in [-0.2, 0) is 12.6 Å². The molecule has 23 heavy (non-hydrogen) atoms. The Morgan fingerprint density at radius 1 is 1.30 bits per heavy atom. The molecule has 0 fully saturated rings. The molecule has 0 aliphatic carbocycles. The zero-order valence-electron chi connectivity index (χ0n) is 12.2. The van der Waals surface area contributed by atoms with Gasteiger partial charge in [0.1, 0.15) is 5.00 Å². The number of alkyl halides is 3. The SMILES string of the molecule is CCc1sc(NC(=O)c2cscc2C(F)(F)F)c(C(N)=O)c1C. The number of hydrogen-bond acceptors (Lipinski definition) is 4. The van der Waals surface area contributed by atoms with Gasteiger partial charge in [-0.25, -0.2) is 0 Å². The minimum atomic E-state index is -4.61. The first-order valence-electron chi connectivity index (χ1n) is 6.53. The molecule has 9 heteroatoms.